The third kappa shape index (κ3) is 7.81. The van der Waals surface area contributed by atoms with Crippen molar-refractivity contribution in [3.8, 4) is 17.1 Å². The second-order valence-electron chi connectivity index (χ2n) is 12.1. The van der Waals surface area contributed by atoms with Gasteiger partial charge in [0, 0.05) is 47.2 Å². The van der Waals surface area contributed by atoms with E-state index < -0.39 is 0 Å². The summed E-state index contributed by atoms with van der Waals surface area (Å²) in [6.07, 6.45) is 4.33. The average Bonchev–Trinajstić information content (AvgIpc) is 3.87. The van der Waals surface area contributed by atoms with Gasteiger partial charge in [-0.05, 0) is 79.8 Å². The zero-order valence-electron chi connectivity index (χ0n) is 28.7. The van der Waals surface area contributed by atoms with Gasteiger partial charge in [0.25, 0.3) is 0 Å². The van der Waals surface area contributed by atoms with Gasteiger partial charge in [0.05, 0.1) is 46.3 Å². The number of halogens is 3. The fourth-order valence-electron chi connectivity index (χ4n) is 6.17. The predicted octanol–water partition coefficient (Wildman–Crippen LogP) is 10.7. The summed E-state index contributed by atoms with van der Waals surface area (Å²) < 4.78 is 22.3. The quantitative estimate of drug-likeness (QED) is 0.131. The molecule has 2 atom stereocenters. The van der Waals surface area contributed by atoms with Crippen LogP contribution >= 0.6 is 23.2 Å². The van der Waals surface area contributed by atoms with Crippen LogP contribution in [0.1, 0.15) is 91.9 Å². The van der Waals surface area contributed by atoms with Crippen LogP contribution in [-0.2, 0) is 0 Å². The lowest BCUT2D eigenvalue weighted by molar-refractivity contribution is 0.385. The Morgan fingerprint density at radius 1 is 1.12 bits per heavy atom. The number of nitroso groups, excluding NO2 is 1. The molecule has 10 heteroatoms. The van der Waals surface area contributed by atoms with E-state index >= 15 is 0 Å². The van der Waals surface area contributed by atoms with E-state index in [4.69, 9.17) is 38.0 Å². The molecule has 49 heavy (non-hydrogen) atoms. The molecule has 1 aliphatic carbocycles. The highest BCUT2D eigenvalue weighted by molar-refractivity contribution is 6.43. The zero-order chi connectivity index (χ0) is 35.2. The fraction of sp³-hybridized carbons (Fsp3) is 0.333. The van der Waals surface area contributed by atoms with Gasteiger partial charge in [-0.1, -0.05) is 79.5 Å². The van der Waals surface area contributed by atoms with Crippen molar-refractivity contribution in [2.45, 2.75) is 65.2 Å². The second kappa shape index (κ2) is 16.0. The Morgan fingerprint density at radius 2 is 1.88 bits per heavy atom. The maximum atomic E-state index is 14.7. The van der Waals surface area contributed by atoms with Crippen molar-refractivity contribution in [2.75, 3.05) is 20.2 Å². The molecule has 2 aromatic carbocycles. The Bertz CT molecular complexity index is 1990. The first-order chi connectivity index (χ1) is 23.7. The first-order valence-electron chi connectivity index (χ1n) is 16.7. The number of hydrogen-bond donors (Lipinski definition) is 1. The summed E-state index contributed by atoms with van der Waals surface area (Å²) in [5.41, 5.74) is 8.41. The fourth-order valence-corrected chi connectivity index (χ4v) is 6.56. The predicted molar refractivity (Wildman–Crippen MR) is 198 cm³/mol. The van der Waals surface area contributed by atoms with Crippen molar-refractivity contribution in [3.05, 3.63) is 127 Å². The minimum absolute atomic E-state index is 0.0972. The summed E-state index contributed by atoms with van der Waals surface area (Å²) in [6.45, 7) is 10.4. The number of aromatic nitrogens is 3. The molecule has 0 amide bonds. The minimum Gasteiger partial charge on any atom is -0.481 e. The highest BCUT2D eigenvalue weighted by atomic mass is 35.5. The molecule has 0 spiro atoms. The van der Waals surface area contributed by atoms with Gasteiger partial charge in [-0.3, -0.25) is 4.98 Å². The third-order valence-electron chi connectivity index (χ3n) is 8.87. The second-order valence-corrected chi connectivity index (χ2v) is 12.9. The van der Waals surface area contributed by atoms with E-state index in [0.29, 0.717) is 45.3 Å². The van der Waals surface area contributed by atoms with E-state index in [1.807, 2.05) is 75.5 Å². The Balaban J connectivity index is 0.00000230. The van der Waals surface area contributed by atoms with Crippen LogP contribution in [-0.4, -0.2) is 34.8 Å². The van der Waals surface area contributed by atoms with Crippen LogP contribution in [0.3, 0.4) is 0 Å². The van der Waals surface area contributed by atoms with Crippen molar-refractivity contribution in [2.24, 2.45) is 5.18 Å². The molecule has 7 nitrogen and oxygen atoms in total. The summed E-state index contributed by atoms with van der Waals surface area (Å²) in [5, 5.41) is 12.4. The van der Waals surface area contributed by atoms with Crippen molar-refractivity contribution in [1.82, 2.24) is 19.9 Å². The van der Waals surface area contributed by atoms with Gasteiger partial charge in [-0.25, -0.2) is 8.91 Å². The van der Waals surface area contributed by atoms with Crippen LogP contribution in [0.25, 0.3) is 22.5 Å². The Morgan fingerprint density at radius 3 is 2.55 bits per heavy atom. The number of hydrogen-bond acceptors (Lipinski definition) is 6. The van der Waals surface area contributed by atoms with Crippen LogP contribution in [0, 0.1) is 17.6 Å². The molecule has 3 heterocycles. The molecule has 1 aliphatic rings. The molecular weight excluding hydrogens is 660 g/mol. The maximum absolute atomic E-state index is 14.7. The monoisotopic (exact) mass is 701 g/mol. The van der Waals surface area contributed by atoms with Crippen molar-refractivity contribution in [3.63, 3.8) is 0 Å². The lowest BCUT2D eigenvalue weighted by atomic mass is 9.88. The summed E-state index contributed by atoms with van der Waals surface area (Å²) in [4.78, 5) is 16.5. The molecule has 0 radical (unpaired) electrons. The summed E-state index contributed by atoms with van der Waals surface area (Å²) >= 11 is 13.1. The van der Waals surface area contributed by atoms with E-state index in [-0.39, 0.29) is 24.2 Å². The topological polar surface area (TPSA) is 80.9 Å². The number of nitrogens with one attached hydrogen (secondary N) is 1. The Labute approximate surface area is 297 Å². The third-order valence-corrected chi connectivity index (χ3v) is 9.69. The van der Waals surface area contributed by atoms with Gasteiger partial charge in [0.1, 0.15) is 5.82 Å². The van der Waals surface area contributed by atoms with Gasteiger partial charge in [0.15, 0.2) is 0 Å². The van der Waals surface area contributed by atoms with E-state index in [0.717, 1.165) is 52.0 Å². The lowest BCUT2D eigenvalue weighted by Crippen LogP contribution is -2.23. The maximum Gasteiger partial charge on any atom is 0.215 e. The van der Waals surface area contributed by atoms with Gasteiger partial charge < -0.3 is 10.1 Å². The molecule has 1 saturated carbocycles. The highest BCUT2D eigenvalue weighted by Gasteiger charge is 2.27. The lowest BCUT2D eigenvalue weighted by Gasteiger charge is -2.24. The number of ether oxygens (including phenoxy) is 1. The van der Waals surface area contributed by atoms with Gasteiger partial charge in [0.2, 0.25) is 5.88 Å². The smallest absolute Gasteiger partial charge is 0.215 e. The Kier molecular flexibility index (Phi) is 11.7. The molecule has 1 fully saturated rings. The average molecular weight is 703 g/mol. The molecule has 256 valence electrons. The first kappa shape index (κ1) is 36.0. The normalized spacial score (nSPS) is 14.2. The van der Waals surface area contributed by atoms with E-state index in [9.17, 15) is 9.30 Å². The minimum atomic E-state index is -0.379. The molecule has 5 aromatic rings. The number of fused-ring (bicyclic) bond motifs is 1. The molecule has 0 bridgehead atoms. The molecule has 1 N–H and O–H groups in total. The SMILES string of the molecule is C/C=C(\NCC(c1cccc(F)c1)c1cc(C(C)CN=O)c(C)c(-c2cccc(Cl)c2Cl)n1)c1cc(OC)n2nc(C3CC3)cc2c1.CC. The molecule has 6 rings (SSSR count). The molecule has 2 unspecified atom stereocenters. The molecule has 3 aromatic heterocycles. The summed E-state index contributed by atoms with van der Waals surface area (Å²) in [7, 11) is 1.64. The molecule has 0 saturated heterocycles. The standard InChI is InChI=1S/C37H36Cl2FN5O2.C2H6/c1-5-32(25-15-27-17-33(23-12-13-23)44-45(27)35(16-25)47-4)41-20-30(24-8-6-9-26(40)14-24)34-18-29(21(2)19-42-46)22(3)37(43-34)28-10-7-11-31(38)36(28)39;1-2/h5-11,14-18,21,23,30,41H,12-13,19-20H2,1-4H3;1-2H3/b32-5-;. The van der Waals surface area contributed by atoms with Crippen molar-refractivity contribution < 1.29 is 9.13 Å². The van der Waals surface area contributed by atoms with Crippen LogP contribution in [0.5, 0.6) is 5.88 Å². The van der Waals surface area contributed by atoms with Crippen molar-refractivity contribution >= 4 is 34.4 Å². The van der Waals surface area contributed by atoms with Crippen LogP contribution in [0.2, 0.25) is 10.0 Å². The number of nitrogens with zero attached hydrogens (tertiary/aromatic N) is 4. The van der Waals surface area contributed by atoms with Gasteiger partial charge >= 0.3 is 0 Å². The van der Waals surface area contributed by atoms with Gasteiger partial charge in [-0.2, -0.15) is 10.0 Å². The van der Waals surface area contributed by atoms with Crippen LogP contribution in [0.15, 0.2) is 78.0 Å². The number of pyridine rings is 2. The Hall–Kier alpha value is -4.27. The zero-order valence-corrected chi connectivity index (χ0v) is 30.2. The van der Waals surface area contributed by atoms with Gasteiger partial charge in [-0.15, -0.1) is 0 Å². The van der Waals surface area contributed by atoms with E-state index in [1.165, 1.54) is 12.1 Å². The molecule has 0 aliphatic heterocycles. The van der Waals surface area contributed by atoms with E-state index in [2.05, 4.69) is 22.6 Å². The summed E-state index contributed by atoms with van der Waals surface area (Å²) in [6, 6.07) is 20.2. The van der Waals surface area contributed by atoms with E-state index in [1.54, 1.807) is 19.2 Å². The summed E-state index contributed by atoms with van der Waals surface area (Å²) in [5.74, 6) is 0.240. The number of benzene rings is 2. The largest absolute Gasteiger partial charge is 0.481 e. The molecular formula is C39H42Cl2FN5O2. The first-order valence-corrected chi connectivity index (χ1v) is 17.5. The van der Waals surface area contributed by atoms with Crippen LogP contribution in [0.4, 0.5) is 4.39 Å². The number of rotatable bonds is 12. The highest BCUT2D eigenvalue weighted by Crippen LogP contribution is 2.41. The van der Waals surface area contributed by atoms with Crippen LogP contribution < -0.4 is 10.1 Å². The number of methoxy groups -OCH3 is 1. The van der Waals surface area contributed by atoms with Crippen molar-refractivity contribution in [1.29, 1.82) is 0 Å². The number of allylic oxidation sites excluding steroid dienone is 1.